The number of aromatic nitrogens is 3. The minimum absolute atomic E-state index is 0.0351. The molecule has 0 saturated carbocycles. The summed E-state index contributed by atoms with van der Waals surface area (Å²) >= 11 is 0. The number of nitrogens with zero attached hydrogens (tertiary/aromatic N) is 5. The molecule has 1 amide bonds. The van der Waals surface area contributed by atoms with Gasteiger partial charge in [0.05, 0.1) is 18.7 Å². The predicted octanol–water partition coefficient (Wildman–Crippen LogP) is 2.69. The third kappa shape index (κ3) is 4.15. The van der Waals surface area contributed by atoms with Crippen LogP contribution in [0.3, 0.4) is 0 Å². The Balaban J connectivity index is 1.51. The van der Waals surface area contributed by atoms with Crippen molar-refractivity contribution in [3.63, 3.8) is 0 Å². The van der Waals surface area contributed by atoms with Gasteiger partial charge in [-0.2, -0.15) is 5.10 Å². The molecule has 0 unspecified atom stereocenters. The summed E-state index contributed by atoms with van der Waals surface area (Å²) in [6.07, 6.45) is 2.75. The van der Waals surface area contributed by atoms with Gasteiger partial charge < -0.3 is 9.80 Å². The first-order valence-electron chi connectivity index (χ1n) is 10.0. The van der Waals surface area contributed by atoms with E-state index in [1.54, 1.807) is 24.4 Å². The van der Waals surface area contributed by atoms with Gasteiger partial charge in [-0.15, -0.1) is 0 Å². The molecule has 1 aliphatic rings. The lowest BCUT2D eigenvalue weighted by molar-refractivity contribution is -0.129. The lowest BCUT2D eigenvalue weighted by Crippen LogP contribution is -2.30. The zero-order valence-corrected chi connectivity index (χ0v) is 16.9. The number of carbonyl (C=O) groups excluding carboxylic acids is 1. The van der Waals surface area contributed by atoms with E-state index in [0.29, 0.717) is 18.7 Å². The van der Waals surface area contributed by atoms with Crippen molar-refractivity contribution in [2.45, 2.75) is 25.3 Å². The molecule has 7 heteroatoms. The van der Waals surface area contributed by atoms with E-state index in [1.165, 1.54) is 6.07 Å². The summed E-state index contributed by atoms with van der Waals surface area (Å²) in [5, 5.41) is 5.92. The fraction of sp³-hybridized carbons (Fsp3) is 0.409. The van der Waals surface area contributed by atoms with Crippen LogP contribution in [-0.4, -0.2) is 64.2 Å². The Bertz CT molecular complexity index is 1020. The van der Waals surface area contributed by atoms with Gasteiger partial charge in [-0.05, 0) is 44.3 Å². The molecule has 1 atom stereocenters. The standard InChI is InChI=1S/C22H26FN5O/c1-26(2)12-13-28-22-18(7-5-10-24-22)21(25-28)17-9-11-27(15-17)20(29)14-16-6-3-4-8-19(16)23/h3-8,10,17H,9,11-15H2,1-2H3/t17-/m1/s1. The molecule has 1 fully saturated rings. The van der Waals surface area contributed by atoms with Gasteiger partial charge in [-0.25, -0.2) is 14.1 Å². The van der Waals surface area contributed by atoms with Gasteiger partial charge in [0.1, 0.15) is 5.82 Å². The molecule has 1 saturated heterocycles. The van der Waals surface area contributed by atoms with Crippen molar-refractivity contribution >= 4 is 16.9 Å². The smallest absolute Gasteiger partial charge is 0.227 e. The van der Waals surface area contributed by atoms with Crippen LogP contribution in [0.4, 0.5) is 4.39 Å². The molecule has 6 nitrogen and oxygen atoms in total. The number of likely N-dealkylation sites (N-methyl/N-ethyl adjacent to an activating group) is 1. The fourth-order valence-corrected chi connectivity index (χ4v) is 3.91. The van der Waals surface area contributed by atoms with Gasteiger partial charge in [0, 0.05) is 37.1 Å². The zero-order valence-electron chi connectivity index (χ0n) is 16.9. The van der Waals surface area contributed by atoms with Gasteiger partial charge in [0.25, 0.3) is 0 Å². The number of fused-ring (bicyclic) bond motifs is 1. The molecule has 1 aliphatic heterocycles. The van der Waals surface area contributed by atoms with Crippen LogP contribution >= 0.6 is 0 Å². The summed E-state index contributed by atoms with van der Waals surface area (Å²) in [6.45, 7) is 2.93. The van der Waals surface area contributed by atoms with E-state index in [4.69, 9.17) is 5.10 Å². The van der Waals surface area contributed by atoms with Gasteiger partial charge >= 0.3 is 0 Å². The molecular weight excluding hydrogens is 369 g/mol. The Morgan fingerprint density at radius 3 is 2.86 bits per heavy atom. The van der Waals surface area contributed by atoms with E-state index in [9.17, 15) is 9.18 Å². The van der Waals surface area contributed by atoms with Gasteiger partial charge in [0.15, 0.2) is 5.65 Å². The van der Waals surface area contributed by atoms with Crippen molar-refractivity contribution in [2.24, 2.45) is 0 Å². The van der Waals surface area contributed by atoms with E-state index in [2.05, 4.69) is 16.0 Å². The van der Waals surface area contributed by atoms with Crippen molar-refractivity contribution in [1.82, 2.24) is 24.6 Å². The normalized spacial score (nSPS) is 16.8. The topological polar surface area (TPSA) is 54.3 Å². The molecule has 0 aliphatic carbocycles. The molecule has 4 rings (SSSR count). The number of pyridine rings is 1. The second-order valence-corrected chi connectivity index (χ2v) is 7.88. The first kappa shape index (κ1) is 19.5. The van der Waals surface area contributed by atoms with Crippen molar-refractivity contribution in [3.05, 3.63) is 59.7 Å². The van der Waals surface area contributed by atoms with E-state index in [1.807, 2.05) is 29.7 Å². The van der Waals surface area contributed by atoms with Crippen molar-refractivity contribution in [2.75, 3.05) is 33.7 Å². The molecule has 1 aromatic carbocycles. The lowest BCUT2D eigenvalue weighted by atomic mass is 10.0. The maximum absolute atomic E-state index is 13.9. The largest absolute Gasteiger partial charge is 0.342 e. The SMILES string of the molecule is CN(C)CCn1nc([C@@H]2CCN(C(=O)Cc3ccccc3F)C2)c2cccnc21. The molecular formula is C22H26FN5O. The lowest BCUT2D eigenvalue weighted by Gasteiger charge is -2.16. The molecule has 29 heavy (non-hydrogen) atoms. The molecule has 0 N–H and O–H groups in total. The first-order chi connectivity index (χ1) is 14.0. The third-order valence-electron chi connectivity index (χ3n) is 5.52. The highest BCUT2D eigenvalue weighted by atomic mass is 19.1. The first-order valence-corrected chi connectivity index (χ1v) is 10.0. The zero-order chi connectivity index (χ0) is 20.4. The van der Waals surface area contributed by atoms with Crippen LogP contribution in [0.2, 0.25) is 0 Å². The van der Waals surface area contributed by atoms with Crippen molar-refractivity contribution < 1.29 is 9.18 Å². The highest BCUT2D eigenvalue weighted by Gasteiger charge is 2.31. The summed E-state index contributed by atoms with van der Waals surface area (Å²) in [6, 6.07) is 10.5. The van der Waals surface area contributed by atoms with Gasteiger partial charge in [-0.3, -0.25) is 4.79 Å². The number of hydrogen-bond acceptors (Lipinski definition) is 4. The minimum atomic E-state index is -0.326. The second-order valence-electron chi connectivity index (χ2n) is 7.88. The van der Waals surface area contributed by atoms with E-state index in [0.717, 1.165) is 36.2 Å². The maximum Gasteiger partial charge on any atom is 0.227 e. The quantitative estimate of drug-likeness (QED) is 0.644. The summed E-state index contributed by atoms with van der Waals surface area (Å²) in [5.74, 6) is -0.188. The fourth-order valence-electron chi connectivity index (χ4n) is 3.91. The Morgan fingerprint density at radius 1 is 1.24 bits per heavy atom. The molecule has 2 aromatic heterocycles. The van der Waals surface area contributed by atoms with Crippen LogP contribution < -0.4 is 0 Å². The molecule has 0 bridgehead atoms. The van der Waals surface area contributed by atoms with Crippen molar-refractivity contribution in [3.8, 4) is 0 Å². The van der Waals surface area contributed by atoms with E-state index in [-0.39, 0.29) is 24.1 Å². The highest BCUT2D eigenvalue weighted by Crippen LogP contribution is 2.31. The second kappa shape index (κ2) is 8.29. The van der Waals surface area contributed by atoms with E-state index >= 15 is 0 Å². The molecule has 152 valence electrons. The van der Waals surface area contributed by atoms with Gasteiger partial charge in [-0.1, -0.05) is 18.2 Å². The number of halogens is 1. The number of amides is 1. The number of hydrogen-bond donors (Lipinski definition) is 0. The number of benzene rings is 1. The maximum atomic E-state index is 13.9. The van der Waals surface area contributed by atoms with E-state index < -0.39 is 0 Å². The molecule has 3 aromatic rings. The van der Waals surface area contributed by atoms with Crippen molar-refractivity contribution in [1.29, 1.82) is 0 Å². The Hall–Kier alpha value is -2.80. The Morgan fingerprint density at radius 2 is 2.07 bits per heavy atom. The number of carbonyl (C=O) groups is 1. The molecule has 0 radical (unpaired) electrons. The van der Waals surface area contributed by atoms with Crippen LogP contribution in [0, 0.1) is 5.82 Å². The molecule has 0 spiro atoms. The Labute approximate surface area is 169 Å². The van der Waals surface area contributed by atoms with Crippen LogP contribution in [0.5, 0.6) is 0 Å². The van der Waals surface area contributed by atoms with Crippen LogP contribution in [0.1, 0.15) is 23.6 Å². The van der Waals surface area contributed by atoms with Crippen LogP contribution in [0.25, 0.3) is 11.0 Å². The minimum Gasteiger partial charge on any atom is -0.342 e. The summed E-state index contributed by atoms with van der Waals surface area (Å²) in [5.41, 5.74) is 2.34. The van der Waals surface area contributed by atoms with Crippen LogP contribution in [0.15, 0.2) is 42.6 Å². The summed E-state index contributed by atoms with van der Waals surface area (Å²) < 4.78 is 15.9. The monoisotopic (exact) mass is 395 g/mol. The predicted molar refractivity (Wildman–Crippen MR) is 110 cm³/mol. The average molecular weight is 395 g/mol. The average Bonchev–Trinajstić information content (AvgIpc) is 3.33. The summed E-state index contributed by atoms with van der Waals surface area (Å²) in [7, 11) is 4.08. The highest BCUT2D eigenvalue weighted by molar-refractivity contribution is 5.81. The Kier molecular flexibility index (Phi) is 5.58. The third-order valence-corrected chi connectivity index (χ3v) is 5.52. The number of likely N-dealkylation sites (tertiary alicyclic amines) is 1. The number of rotatable bonds is 6. The van der Waals surface area contributed by atoms with Gasteiger partial charge in [0.2, 0.25) is 5.91 Å². The molecule has 3 heterocycles. The summed E-state index contributed by atoms with van der Waals surface area (Å²) in [4.78, 5) is 21.2. The van der Waals surface area contributed by atoms with Crippen LogP contribution in [-0.2, 0) is 17.8 Å².